The first-order valence-corrected chi connectivity index (χ1v) is 10.3. The highest BCUT2D eigenvalue weighted by Gasteiger charge is 2.27. The van der Waals surface area contributed by atoms with Crippen molar-refractivity contribution in [2.45, 2.75) is 64.0 Å². The summed E-state index contributed by atoms with van der Waals surface area (Å²) < 4.78 is 23.4. The van der Waals surface area contributed by atoms with Gasteiger partial charge in [0.15, 0.2) is 9.84 Å². The summed E-state index contributed by atoms with van der Waals surface area (Å²) in [5, 5.41) is 0. The molecule has 1 rings (SSSR count). The van der Waals surface area contributed by atoms with E-state index in [2.05, 4.69) is 43.3 Å². The zero-order chi connectivity index (χ0) is 17.5. The van der Waals surface area contributed by atoms with E-state index in [1.165, 1.54) is 24.1 Å². The van der Waals surface area contributed by atoms with Crippen LogP contribution in [-0.4, -0.2) is 33.0 Å². The summed E-state index contributed by atoms with van der Waals surface area (Å²) in [5.74, 6) is 0.321. The normalized spacial score (nSPS) is 12.4. The summed E-state index contributed by atoms with van der Waals surface area (Å²) in [5.41, 5.74) is 2.63. The number of aryl methyl sites for hydroxylation is 1. The van der Waals surface area contributed by atoms with Gasteiger partial charge in [0.2, 0.25) is 0 Å². The van der Waals surface area contributed by atoms with Crippen LogP contribution < -0.4 is 4.90 Å². The Morgan fingerprint density at radius 3 is 2.17 bits per heavy atom. The molecule has 132 valence electrons. The van der Waals surface area contributed by atoms with Gasteiger partial charge in [-0.1, -0.05) is 31.4 Å². The van der Waals surface area contributed by atoms with Crippen molar-refractivity contribution in [1.82, 2.24) is 0 Å². The fraction of sp³-hybridized carbons (Fsp3) is 0.684. The van der Waals surface area contributed by atoms with Crippen molar-refractivity contribution < 1.29 is 8.42 Å². The van der Waals surface area contributed by atoms with Crippen molar-refractivity contribution in [1.29, 1.82) is 0 Å². The fourth-order valence-corrected chi connectivity index (χ4v) is 3.64. The molecule has 0 spiro atoms. The highest BCUT2D eigenvalue weighted by Crippen LogP contribution is 2.19. The van der Waals surface area contributed by atoms with E-state index >= 15 is 0 Å². The van der Waals surface area contributed by atoms with Crippen LogP contribution in [0.1, 0.15) is 58.4 Å². The van der Waals surface area contributed by atoms with Gasteiger partial charge in [-0.25, -0.2) is 8.42 Å². The van der Waals surface area contributed by atoms with Crippen molar-refractivity contribution in [3.05, 3.63) is 29.8 Å². The van der Waals surface area contributed by atoms with Crippen LogP contribution in [0.2, 0.25) is 0 Å². The molecule has 0 heterocycles. The first-order chi connectivity index (χ1) is 10.6. The van der Waals surface area contributed by atoms with E-state index < -0.39 is 14.6 Å². The average Bonchev–Trinajstić information content (AvgIpc) is 2.45. The van der Waals surface area contributed by atoms with E-state index in [-0.39, 0.29) is 0 Å². The highest BCUT2D eigenvalue weighted by atomic mass is 32.2. The molecule has 1 aromatic rings. The second-order valence-corrected chi connectivity index (χ2v) is 10.4. The second kappa shape index (κ2) is 8.72. The zero-order valence-corrected chi connectivity index (χ0v) is 16.2. The van der Waals surface area contributed by atoms with E-state index in [9.17, 15) is 8.42 Å². The number of anilines is 1. The highest BCUT2D eigenvalue weighted by molar-refractivity contribution is 7.92. The first-order valence-electron chi connectivity index (χ1n) is 8.62. The molecule has 3 nitrogen and oxygen atoms in total. The zero-order valence-electron chi connectivity index (χ0n) is 15.4. The van der Waals surface area contributed by atoms with Gasteiger partial charge < -0.3 is 4.90 Å². The van der Waals surface area contributed by atoms with Crippen LogP contribution in [0.25, 0.3) is 0 Å². The van der Waals surface area contributed by atoms with Crippen LogP contribution in [0.3, 0.4) is 0 Å². The Hall–Kier alpha value is -1.03. The lowest BCUT2D eigenvalue weighted by Crippen LogP contribution is -2.30. The summed E-state index contributed by atoms with van der Waals surface area (Å²) in [7, 11) is 1.17. The molecule has 0 aliphatic carbocycles. The third-order valence-corrected chi connectivity index (χ3v) is 6.93. The first kappa shape index (κ1) is 20.0. The SMILES string of the molecule is CN(C)c1cccc(CCCCCCCS(=O)(=O)C(C)(C)C)c1. The van der Waals surface area contributed by atoms with E-state index in [1.807, 2.05) is 0 Å². The maximum absolute atomic E-state index is 12.0. The predicted octanol–water partition coefficient (Wildman–Crippen LogP) is 4.46. The molecule has 0 saturated heterocycles. The van der Waals surface area contributed by atoms with E-state index in [4.69, 9.17) is 0 Å². The Morgan fingerprint density at radius 2 is 1.57 bits per heavy atom. The molecule has 0 bridgehead atoms. The minimum atomic E-state index is -2.95. The standard InChI is InChI=1S/C19H33NO2S/c1-19(2,3)23(21,22)15-10-8-6-7-9-12-17-13-11-14-18(16-17)20(4)5/h11,13-14,16H,6-10,12,15H2,1-5H3. The smallest absolute Gasteiger partial charge is 0.155 e. The maximum atomic E-state index is 12.0. The quantitative estimate of drug-likeness (QED) is 0.623. The van der Waals surface area contributed by atoms with Crippen LogP contribution in [0.15, 0.2) is 24.3 Å². The van der Waals surface area contributed by atoms with Crippen molar-refractivity contribution in [2.75, 3.05) is 24.7 Å². The molecule has 23 heavy (non-hydrogen) atoms. The molecule has 0 atom stereocenters. The minimum absolute atomic E-state index is 0.321. The van der Waals surface area contributed by atoms with E-state index in [0.29, 0.717) is 5.75 Å². The molecule has 0 amide bonds. The second-order valence-electron chi connectivity index (χ2n) is 7.51. The van der Waals surface area contributed by atoms with Crippen molar-refractivity contribution >= 4 is 15.5 Å². The Balaban J connectivity index is 2.20. The molecule has 0 aromatic heterocycles. The van der Waals surface area contributed by atoms with Crippen LogP contribution in [0, 0.1) is 0 Å². The summed E-state index contributed by atoms with van der Waals surface area (Å²) in [6, 6.07) is 8.67. The largest absolute Gasteiger partial charge is 0.378 e. The summed E-state index contributed by atoms with van der Waals surface area (Å²) in [6.45, 7) is 5.35. The molecule has 0 fully saturated rings. The molecular formula is C19H33NO2S. The lowest BCUT2D eigenvalue weighted by molar-refractivity contribution is 0.552. The van der Waals surface area contributed by atoms with Crippen molar-refractivity contribution in [3.8, 4) is 0 Å². The minimum Gasteiger partial charge on any atom is -0.378 e. The molecule has 1 aromatic carbocycles. The molecule has 0 aliphatic heterocycles. The van der Waals surface area contributed by atoms with Gasteiger partial charge in [0.1, 0.15) is 0 Å². The van der Waals surface area contributed by atoms with Gasteiger partial charge in [-0.3, -0.25) is 0 Å². The number of unbranched alkanes of at least 4 members (excludes halogenated alkanes) is 4. The third-order valence-electron chi connectivity index (χ3n) is 4.24. The van der Waals surface area contributed by atoms with Gasteiger partial charge in [-0.05, 0) is 57.7 Å². The molecule has 0 radical (unpaired) electrons. The van der Waals surface area contributed by atoms with Crippen LogP contribution in [-0.2, 0) is 16.3 Å². The van der Waals surface area contributed by atoms with Gasteiger partial charge in [0.05, 0.1) is 10.5 Å². The number of sulfone groups is 1. The third kappa shape index (κ3) is 6.94. The van der Waals surface area contributed by atoms with Gasteiger partial charge in [0.25, 0.3) is 0 Å². The number of benzene rings is 1. The lowest BCUT2D eigenvalue weighted by atomic mass is 10.0. The molecule has 0 saturated carbocycles. The number of hydrogen-bond acceptors (Lipinski definition) is 3. The van der Waals surface area contributed by atoms with Gasteiger partial charge >= 0.3 is 0 Å². The summed E-state index contributed by atoms with van der Waals surface area (Å²) in [4.78, 5) is 2.12. The number of hydrogen-bond donors (Lipinski definition) is 0. The van der Waals surface area contributed by atoms with E-state index in [1.54, 1.807) is 20.8 Å². The predicted molar refractivity (Wildman–Crippen MR) is 101 cm³/mol. The maximum Gasteiger partial charge on any atom is 0.155 e. The van der Waals surface area contributed by atoms with Crippen LogP contribution in [0.5, 0.6) is 0 Å². The lowest BCUT2D eigenvalue weighted by Gasteiger charge is -2.18. The van der Waals surface area contributed by atoms with Gasteiger partial charge in [0, 0.05) is 19.8 Å². The number of rotatable bonds is 9. The molecule has 0 N–H and O–H groups in total. The Kier molecular flexibility index (Phi) is 7.59. The van der Waals surface area contributed by atoms with Crippen molar-refractivity contribution in [3.63, 3.8) is 0 Å². The van der Waals surface area contributed by atoms with Gasteiger partial charge in [-0.2, -0.15) is 0 Å². The van der Waals surface area contributed by atoms with Crippen LogP contribution in [0.4, 0.5) is 5.69 Å². The van der Waals surface area contributed by atoms with Crippen LogP contribution >= 0.6 is 0 Å². The van der Waals surface area contributed by atoms with Crippen molar-refractivity contribution in [2.24, 2.45) is 0 Å². The molecule has 4 heteroatoms. The van der Waals surface area contributed by atoms with E-state index in [0.717, 1.165) is 25.7 Å². The molecular weight excluding hydrogens is 306 g/mol. The Morgan fingerprint density at radius 1 is 0.957 bits per heavy atom. The molecule has 0 aliphatic rings. The topological polar surface area (TPSA) is 37.4 Å². The Bertz CT molecular complexity index is 571. The summed E-state index contributed by atoms with van der Waals surface area (Å²) in [6.07, 6.45) is 6.35. The average molecular weight is 340 g/mol. The monoisotopic (exact) mass is 339 g/mol. The Labute approximate surface area is 143 Å². The number of nitrogens with zero attached hydrogens (tertiary/aromatic N) is 1. The molecule has 0 unspecified atom stereocenters. The fourth-order valence-electron chi connectivity index (χ4n) is 2.45. The summed E-state index contributed by atoms with van der Waals surface area (Å²) >= 11 is 0. The van der Waals surface area contributed by atoms with Gasteiger partial charge in [-0.15, -0.1) is 0 Å².